The van der Waals surface area contributed by atoms with Gasteiger partial charge in [-0.3, -0.25) is 14.4 Å². The van der Waals surface area contributed by atoms with E-state index in [2.05, 4.69) is 20.6 Å². The van der Waals surface area contributed by atoms with E-state index >= 15 is 0 Å². The van der Waals surface area contributed by atoms with Crippen LogP contribution in [0.25, 0.3) is 44.5 Å². The Bertz CT molecular complexity index is 2370. The van der Waals surface area contributed by atoms with Crippen molar-refractivity contribution in [3.05, 3.63) is 106 Å². The number of methoxy groups -OCH3 is 3. The van der Waals surface area contributed by atoms with Crippen LogP contribution in [-0.4, -0.2) is 49.7 Å². The van der Waals surface area contributed by atoms with E-state index in [0.29, 0.717) is 64.5 Å². The highest BCUT2D eigenvalue weighted by Crippen LogP contribution is 2.51. The zero-order valence-corrected chi connectivity index (χ0v) is 31.0. The van der Waals surface area contributed by atoms with Gasteiger partial charge in [-0.1, -0.05) is 48.9 Å². The first kappa shape index (κ1) is 36.3. The van der Waals surface area contributed by atoms with E-state index in [-0.39, 0.29) is 29.2 Å². The predicted molar refractivity (Wildman–Crippen MR) is 208 cm³/mol. The summed E-state index contributed by atoms with van der Waals surface area (Å²) in [6.45, 7) is 1.97. The SMILES string of the molecule is COc1cc2c(c(OC)c1OC)-c1cc3c(CC(=O)NCCCCCc4nc5ccccc5[nH]4)c(-c4ccccc4)oc3c(=O)cc1C(NC(C)=O)CC2. The van der Waals surface area contributed by atoms with E-state index in [9.17, 15) is 14.4 Å². The third-order valence-electron chi connectivity index (χ3n) is 10.0. The molecule has 4 aromatic carbocycles. The van der Waals surface area contributed by atoms with E-state index in [1.165, 1.54) is 13.0 Å². The molecule has 2 heterocycles. The van der Waals surface area contributed by atoms with Crippen LogP contribution in [0.15, 0.2) is 82.0 Å². The van der Waals surface area contributed by atoms with Crippen LogP contribution in [0, 0.1) is 0 Å². The van der Waals surface area contributed by atoms with Gasteiger partial charge in [0.2, 0.25) is 23.0 Å². The number of ether oxygens (including phenoxy) is 3. The van der Waals surface area contributed by atoms with Gasteiger partial charge in [-0.2, -0.15) is 0 Å². The molecular formula is C43H44N4O7. The second-order valence-electron chi connectivity index (χ2n) is 13.5. The number of carbonyl (C=O) groups excluding carboxylic acids is 2. The molecule has 2 amide bonds. The molecule has 11 heteroatoms. The third-order valence-corrected chi connectivity index (χ3v) is 10.0. The number of imidazole rings is 1. The Labute approximate surface area is 313 Å². The molecule has 278 valence electrons. The molecular weight excluding hydrogens is 684 g/mol. The van der Waals surface area contributed by atoms with Gasteiger partial charge in [0.1, 0.15) is 11.6 Å². The number of unbranched alkanes of at least 4 members (excludes halogenated alkanes) is 2. The summed E-state index contributed by atoms with van der Waals surface area (Å²) < 4.78 is 23.9. The van der Waals surface area contributed by atoms with Gasteiger partial charge in [-0.15, -0.1) is 0 Å². The first-order chi connectivity index (χ1) is 26.3. The zero-order chi connectivity index (χ0) is 37.8. The fourth-order valence-electron chi connectivity index (χ4n) is 7.55. The molecule has 2 aromatic heterocycles. The molecule has 0 saturated carbocycles. The number of nitrogens with zero attached hydrogens (tertiary/aromatic N) is 1. The Balaban J connectivity index is 1.25. The van der Waals surface area contributed by atoms with Crippen LogP contribution in [-0.2, 0) is 28.9 Å². The predicted octanol–water partition coefficient (Wildman–Crippen LogP) is 7.22. The summed E-state index contributed by atoms with van der Waals surface area (Å²) >= 11 is 0. The Morgan fingerprint density at radius 3 is 2.44 bits per heavy atom. The minimum absolute atomic E-state index is 0.0144. The van der Waals surface area contributed by atoms with Crippen molar-refractivity contribution in [2.24, 2.45) is 0 Å². The minimum Gasteiger partial charge on any atom is -0.493 e. The van der Waals surface area contributed by atoms with Crippen LogP contribution >= 0.6 is 0 Å². The Morgan fingerprint density at radius 1 is 0.926 bits per heavy atom. The van der Waals surface area contributed by atoms with Gasteiger partial charge in [-0.25, -0.2) is 4.98 Å². The van der Waals surface area contributed by atoms with E-state index in [1.807, 2.05) is 66.7 Å². The highest BCUT2D eigenvalue weighted by Gasteiger charge is 2.31. The third kappa shape index (κ3) is 7.26. The topological polar surface area (TPSA) is 145 Å². The highest BCUT2D eigenvalue weighted by molar-refractivity contribution is 5.96. The lowest BCUT2D eigenvalue weighted by Gasteiger charge is -2.20. The van der Waals surface area contributed by atoms with Crippen molar-refractivity contribution < 1.29 is 28.2 Å². The van der Waals surface area contributed by atoms with Crippen molar-refractivity contribution >= 4 is 33.8 Å². The van der Waals surface area contributed by atoms with Crippen molar-refractivity contribution in [3.8, 4) is 39.7 Å². The molecule has 0 spiro atoms. The molecule has 0 aliphatic heterocycles. The maximum absolute atomic E-state index is 14.2. The van der Waals surface area contributed by atoms with E-state index < -0.39 is 6.04 Å². The molecule has 7 rings (SSSR count). The average molecular weight is 729 g/mol. The minimum atomic E-state index is -0.483. The van der Waals surface area contributed by atoms with Crippen LogP contribution in [0.4, 0.5) is 0 Å². The summed E-state index contributed by atoms with van der Waals surface area (Å²) in [5.74, 6) is 2.36. The number of nitrogens with one attached hydrogen (secondary N) is 3. The number of furan rings is 1. The number of para-hydroxylation sites is 2. The maximum Gasteiger partial charge on any atom is 0.224 e. The lowest BCUT2D eigenvalue weighted by Crippen LogP contribution is -2.26. The van der Waals surface area contributed by atoms with Crippen molar-refractivity contribution in [2.45, 2.75) is 57.9 Å². The average Bonchev–Trinajstić information content (AvgIpc) is 3.68. The Kier molecular flexibility index (Phi) is 10.7. The molecule has 0 fully saturated rings. The second kappa shape index (κ2) is 15.9. The zero-order valence-electron chi connectivity index (χ0n) is 31.0. The van der Waals surface area contributed by atoms with Gasteiger partial charge in [0.05, 0.1) is 44.8 Å². The summed E-state index contributed by atoms with van der Waals surface area (Å²) in [5.41, 5.74) is 5.99. The molecule has 6 aromatic rings. The number of aromatic nitrogens is 2. The quantitative estimate of drug-likeness (QED) is 0.106. The van der Waals surface area contributed by atoms with E-state index in [0.717, 1.165) is 59.2 Å². The molecule has 1 aliphatic rings. The molecule has 3 N–H and O–H groups in total. The van der Waals surface area contributed by atoms with E-state index in [4.69, 9.17) is 18.6 Å². The molecule has 0 radical (unpaired) electrons. The highest BCUT2D eigenvalue weighted by atomic mass is 16.5. The fraction of sp³-hybridized carbons (Fsp3) is 0.302. The van der Waals surface area contributed by atoms with Crippen LogP contribution in [0.3, 0.4) is 0 Å². The number of H-pyrrole nitrogens is 1. The molecule has 11 nitrogen and oxygen atoms in total. The Hall–Kier alpha value is -6.10. The maximum atomic E-state index is 14.2. The number of benzene rings is 3. The lowest BCUT2D eigenvalue weighted by atomic mass is 9.94. The van der Waals surface area contributed by atoms with Crippen LogP contribution in [0.5, 0.6) is 17.2 Å². The molecule has 54 heavy (non-hydrogen) atoms. The summed E-state index contributed by atoms with van der Waals surface area (Å²) in [4.78, 5) is 48.4. The number of hydrogen-bond donors (Lipinski definition) is 3. The number of rotatable bonds is 13. The largest absolute Gasteiger partial charge is 0.493 e. The van der Waals surface area contributed by atoms with Gasteiger partial charge >= 0.3 is 0 Å². The molecule has 0 bridgehead atoms. The Morgan fingerprint density at radius 2 is 1.70 bits per heavy atom. The number of hydrogen-bond acceptors (Lipinski definition) is 8. The summed E-state index contributed by atoms with van der Waals surface area (Å²) in [6, 6.07) is 22.3. The monoisotopic (exact) mass is 728 g/mol. The molecule has 1 unspecified atom stereocenters. The number of fused-ring (bicyclic) bond motifs is 5. The van der Waals surface area contributed by atoms with Crippen LogP contribution < -0.4 is 30.3 Å². The summed E-state index contributed by atoms with van der Waals surface area (Å²) in [7, 11) is 4.67. The molecule has 0 saturated heterocycles. The van der Waals surface area contributed by atoms with Crippen LogP contribution in [0.1, 0.15) is 61.2 Å². The summed E-state index contributed by atoms with van der Waals surface area (Å²) in [6.07, 6.45) is 4.57. The van der Waals surface area contributed by atoms with Crippen LogP contribution in [0.2, 0.25) is 0 Å². The number of aryl methyl sites for hydroxylation is 2. The van der Waals surface area contributed by atoms with Gasteiger partial charge in [0.25, 0.3) is 0 Å². The van der Waals surface area contributed by atoms with Gasteiger partial charge < -0.3 is 34.2 Å². The van der Waals surface area contributed by atoms with Crippen molar-refractivity contribution in [2.75, 3.05) is 27.9 Å². The van der Waals surface area contributed by atoms with Gasteiger partial charge in [0.15, 0.2) is 17.1 Å². The van der Waals surface area contributed by atoms with Crippen molar-refractivity contribution in [1.29, 1.82) is 0 Å². The van der Waals surface area contributed by atoms with Crippen molar-refractivity contribution in [1.82, 2.24) is 20.6 Å². The normalized spacial score (nSPS) is 13.5. The molecule has 1 aliphatic carbocycles. The lowest BCUT2D eigenvalue weighted by molar-refractivity contribution is -0.121. The molecule has 1 atom stereocenters. The first-order valence-electron chi connectivity index (χ1n) is 18.3. The summed E-state index contributed by atoms with van der Waals surface area (Å²) in [5, 5.41) is 6.65. The number of aromatic amines is 1. The fourth-order valence-corrected chi connectivity index (χ4v) is 7.55. The van der Waals surface area contributed by atoms with Gasteiger partial charge in [-0.05, 0) is 72.7 Å². The number of amides is 2. The standard InChI is InChI=1S/C43H44N4O7/c1-25(48)45-32-19-18-27-21-36(51-2)42(52-3)43(53-4)39(27)29-22-30-31(40(26-13-7-5-8-14-26)54-41(30)35(49)23-28(29)32)24-38(50)44-20-12-6-9-17-37-46-33-15-10-11-16-34(33)47-37/h5,7-8,10-11,13-16,21-23,32H,6,9,12,17-20,24H2,1-4H3,(H,44,50)(H,45,48)(H,46,47). The van der Waals surface area contributed by atoms with E-state index in [1.54, 1.807) is 21.3 Å². The number of carbonyl (C=O) groups is 2. The van der Waals surface area contributed by atoms with Gasteiger partial charge in [0, 0.05) is 42.0 Å². The first-order valence-corrected chi connectivity index (χ1v) is 18.3. The van der Waals surface area contributed by atoms with Crippen molar-refractivity contribution in [3.63, 3.8) is 0 Å². The second-order valence-corrected chi connectivity index (χ2v) is 13.5. The smallest absolute Gasteiger partial charge is 0.224 e.